The number of likely N-dealkylation sites (tertiary alicyclic amines) is 1. The van der Waals surface area contributed by atoms with E-state index in [0.29, 0.717) is 25.8 Å². The number of nitrogens with one attached hydrogen (secondary N) is 1. The van der Waals surface area contributed by atoms with Gasteiger partial charge in [0, 0.05) is 6.54 Å². The highest BCUT2D eigenvalue weighted by Gasteiger charge is 2.47. The molecule has 3 rings (SSSR count). The lowest BCUT2D eigenvalue weighted by Gasteiger charge is -2.14. The number of hydrogen-bond acceptors (Lipinski definition) is 3. The van der Waals surface area contributed by atoms with E-state index < -0.39 is 0 Å². The minimum Gasteiger partial charge on any atom is -0.354 e. The molecule has 0 spiro atoms. The lowest BCUT2D eigenvalue weighted by atomic mass is 9.85. The monoisotopic (exact) mass is 330 g/mol. The van der Waals surface area contributed by atoms with E-state index in [1.165, 1.54) is 12.1 Å². The second kappa shape index (κ2) is 6.95. The van der Waals surface area contributed by atoms with Crippen molar-refractivity contribution in [2.45, 2.75) is 19.3 Å². The Labute approximate surface area is 139 Å². The van der Waals surface area contributed by atoms with Crippen LogP contribution >= 0.6 is 0 Å². The van der Waals surface area contributed by atoms with Gasteiger partial charge in [-0.05, 0) is 37.0 Å². The van der Waals surface area contributed by atoms with Gasteiger partial charge in [-0.15, -0.1) is 0 Å². The minimum absolute atomic E-state index is 0.242. The SMILES string of the molecule is O=C(CN1C(=O)C2CC=CCC2C1=O)NCCc1cccc(F)c1. The van der Waals surface area contributed by atoms with Crippen molar-refractivity contribution in [3.8, 4) is 0 Å². The standard InChI is InChI=1S/C18H19FN2O3/c19-13-5-3-4-12(10-13)8-9-20-16(22)11-21-17(23)14-6-1-2-7-15(14)18(21)24/h1-5,10,14-15H,6-9,11H2,(H,20,22). The van der Waals surface area contributed by atoms with Crippen LogP contribution in [0.15, 0.2) is 36.4 Å². The van der Waals surface area contributed by atoms with Crippen LogP contribution in [0.1, 0.15) is 18.4 Å². The van der Waals surface area contributed by atoms with Crippen molar-refractivity contribution in [3.05, 3.63) is 47.8 Å². The Hall–Kier alpha value is -2.50. The zero-order chi connectivity index (χ0) is 17.1. The molecule has 1 N–H and O–H groups in total. The molecular weight excluding hydrogens is 311 g/mol. The molecule has 2 atom stereocenters. The van der Waals surface area contributed by atoms with Gasteiger partial charge in [-0.25, -0.2) is 4.39 Å². The number of halogens is 1. The number of rotatable bonds is 5. The van der Waals surface area contributed by atoms with E-state index in [1.54, 1.807) is 12.1 Å². The highest BCUT2D eigenvalue weighted by atomic mass is 19.1. The first-order valence-electron chi connectivity index (χ1n) is 8.07. The molecule has 5 nitrogen and oxygen atoms in total. The van der Waals surface area contributed by atoms with Crippen molar-refractivity contribution in [1.29, 1.82) is 0 Å². The number of carbonyl (C=O) groups excluding carboxylic acids is 3. The van der Waals surface area contributed by atoms with Crippen molar-refractivity contribution < 1.29 is 18.8 Å². The van der Waals surface area contributed by atoms with Crippen LogP contribution in [0, 0.1) is 17.7 Å². The zero-order valence-corrected chi connectivity index (χ0v) is 13.2. The van der Waals surface area contributed by atoms with Gasteiger partial charge in [0.25, 0.3) is 0 Å². The first-order valence-corrected chi connectivity index (χ1v) is 8.07. The first kappa shape index (κ1) is 16.4. The Bertz CT molecular complexity index is 675. The largest absolute Gasteiger partial charge is 0.354 e. The predicted molar refractivity (Wildman–Crippen MR) is 85.2 cm³/mol. The molecule has 3 amide bonds. The molecular formula is C18H19FN2O3. The molecule has 126 valence electrons. The quantitative estimate of drug-likeness (QED) is 0.656. The van der Waals surface area contributed by atoms with Gasteiger partial charge in [0.15, 0.2) is 0 Å². The molecule has 2 aliphatic rings. The van der Waals surface area contributed by atoms with E-state index in [2.05, 4.69) is 5.32 Å². The maximum Gasteiger partial charge on any atom is 0.240 e. The fraction of sp³-hybridized carbons (Fsp3) is 0.389. The molecule has 1 saturated heterocycles. The van der Waals surface area contributed by atoms with Crippen molar-refractivity contribution in [1.82, 2.24) is 10.2 Å². The van der Waals surface area contributed by atoms with Crippen LogP contribution in [-0.2, 0) is 20.8 Å². The van der Waals surface area contributed by atoms with E-state index in [9.17, 15) is 18.8 Å². The number of amides is 3. The molecule has 1 aliphatic carbocycles. The van der Waals surface area contributed by atoms with Gasteiger partial charge < -0.3 is 5.32 Å². The molecule has 1 heterocycles. The predicted octanol–water partition coefficient (Wildman–Crippen LogP) is 1.44. The van der Waals surface area contributed by atoms with Crippen LogP contribution in [-0.4, -0.2) is 35.7 Å². The highest BCUT2D eigenvalue weighted by molar-refractivity contribution is 6.07. The van der Waals surface area contributed by atoms with Gasteiger partial charge in [-0.3, -0.25) is 19.3 Å². The zero-order valence-electron chi connectivity index (χ0n) is 13.2. The van der Waals surface area contributed by atoms with Crippen LogP contribution in [0.4, 0.5) is 4.39 Å². The number of fused-ring (bicyclic) bond motifs is 1. The second-order valence-corrected chi connectivity index (χ2v) is 6.15. The fourth-order valence-corrected chi connectivity index (χ4v) is 3.26. The summed E-state index contributed by atoms with van der Waals surface area (Å²) in [6.45, 7) is 0.0841. The summed E-state index contributed by atoms with van der Waals surface area (Å²) in [4.78, 5) is 37.6. The topological polar surface area (TPSA) is 66.5 Å². The number of benzene rings is 1. The summed E-state index contributed by atoms with van der Waals surface area (Å²) in [5, 5.41) is 2.68. The van der Waals surface area contributed by atoms with Crippen LogP contribution < -0.4 is 5.32 Å². The van der Waals surface area contributed by atoms with E-state index in [0.717, 1.165) is 10.5 Å². The smallest absolute Gasteiger partial charge is 0.240 e. The average molecular weight is 330 g/mol. The minimum atomic E-state index is -0.375. The Morgan fingerprint density at radius 3 is 2.46 bits per heavy atom. The summed E-state index contributed by atoms with van der Waals surface area (Å²) in [6.07, 6.45) is 5.43. The Balaban J connectivity index is 1.50. The lowest BCUT2D eigenvalue weighted by molar-refractivity contribution is -0.143. The third-order valence-corrected chi connectivity index (χ3v) is 4.53. The van der Waals surface area contributed by atoms with Gasteiger partial charge in [-0.1, -0.05) is 24.3 Å². The molecule has 0 bridgehead atoms. The third kappa shape index (κ3) is 3.37. The summed E-state index contributed by atoms with van der Waals surface area (Å²) in [5.41, 5.74) is 0.778. The van der Waals surface area contributed by atoms with Gasteiger partial charge in [0.05, 0.1) is 11.8 Å². The van der Waals surface area contributed by atoms with Gasteiger partial charge in [0.1, 0.15) is 12.4 Å². The van der Waals surface area contributed by atoms with Crippen LogP contribution in [0.2, 0.25) is 0 Å². The van der Waals surface area contributed by atoms with Gasteiger partial charge >= 0.3 is 0 Å². The number of hydrogen-bond donors (Lipinski definition) is 1. The van der Waals surface area contributed by atoms with E-state index in [1.807, 2.05) is 12.2 Å². The van der Waals surface area contributed by atoms with Crippen molar-refractivity contribution in [3.63, 3.8) is 0 Å². The van der Waals surface area contributed by atoms with Crippen LogP contribution in [0.3, 0.4) is 0 Å². The average Bonchev–Trinajstić information content (AvgIpc) is 2.80. The van der Waals surface area contributed by atoms with Crippen LogP contribution in [0.25, 0.3) is 0 Å². The molecule has 1 fully saturated rings. The third-order valence-electron chi connectivity index (χ3n) is 4.53. The van der Waals surface area contributed by atoms with E-state index in [-0.39, 0.29) is 41.9 Å². The number of nitrogens with zero attached hydrogens (tertiary/aromatic N) is 1. The number of carbonyl (C=O) groups is 3. The molecule has 1 aromatic carbocycles. The van der Waals surface area contributed by atoms with E-state index >= 15 is 0 Å². The van der Waals surface area contributed by atoms with Gasteiger partial charge in [-0.2, -0.15) is 0 Å². The molecule has 6 heteroatoms. The van der Waals surface area contributed by atoms with Crippen molar-refractivity contribution in [2.75, 3.05) is 13.1 Å². The first-order chi connectivity index (χ1) is 11.6. The molecule has 1 aromatic rings. The molecule has 24 heavy (non-hydrogen) atoms. The Morgan fingerprint density at radius 1 is 1.17 bits per heavy atom. The summed E-state index contributed by atoms with van der Waals surface area (Å²) in [7, 11) is 0. The van der Waals surface area contributed by atoms with E-state index in [4.69, 9.17) is 0 Å². The number of imide groups is 1. The van der Waals surface area contributed by atoms with Crippen molar-refractivity contribution >= 4 is 17.7 Å². The molecule has 1 aliphatic heterocycles. The number of allylic oxidation sites excluding steroid dienone is 2. The normalized spacial score (nSPS) is 22.6. The summed E-state index contributed by atoms with van der Waals surface area (Å²) in [5.74, 6) is -1.84. The highest BCUT2D eigenvalue weighted by Crippen LogP contribution is 2.34. The molecule has 0 saturated carbocycles. The maximum absolute atomic E-state index is 13.1. The second-order valence-electron chi connectivity index (χ2n) is 6.15. The molecule has 2 unspecified atom stereocenters. The molecule has 0 radical (unpaired) electrons. The van der Waals surface area contributed by atoms with Crippen molar-refractivity contribution in [2.24, 2.45) is 11.8 Å². The lowest BCUT2D eigenvalue weighted by Crippen LogP contribution is -2.41. The Morgan fingerprint density at radius 2 is 1.83 bits per heavy atom. The fourth-order valence-electron chi connectivity index (χ4n) is 3.26. The molecule has 0 aromatic heterocycles. The maximum atomic E-state index is 13.1. The summed E-state index contributed by atoms with van der Waals surface area (Å²) < 4.78 is 13.1. The Kier molecular flexibility index (Phi) is 4.74. The van der Waals surface area contributed by atoms with Crippen LogP contribution in [0.5, 0.6) is 0 Å². The summed E-state index contributed by atoms with van der Waals surface area (Å²) in [6, 6.07) is 6.17. The van der Waals surface area contributed by atoms with Gasteiger partial charge in [0.2, 0.25) is 17.7 Å². The summed E-state index contributed by atoms with van der Waals surface area (Å²) >= 11 is 0.